The van der Waals surface area contributed by atoms with Crippen LogP contribution in [0.15, 0.2) is 29.3 Å². The molecular weight excluding hydrogens is 264 g/mol. The standard InChI is InChI=1S/C14H19BrO/c1-6-7-16-13-11(14(3,4)5)8-10(2)9-12(13)15/h6,8-9H,1,7H2,2-5H3. The van der Waals surface area contributed by atoms with E-state index in [-0.39, 0.29) is 5.41 Å². The second kappa shape index (κ2) is 5.05. The van der Waals surface area contributed by atoms with Crippen LogP contribution in [0.3, 0.4) is 0 Å². The second-order valence-corrected chi connectivity index (χ2v) is 5.83. The van der Waals surface area contributed by atoms with Gasteiger partial charge in [-0.05, 0) is 39.9 Å². The molecular formula is C14H19BrO. The predicted molar refractivity (Wildman–Crippen MR) is 73.3 cm³/mol. The van der Waals surface area contributed by atoms with Crippen molar-refractivity contribution in [3.63, 3.8) is 0 Å². The predicted octanol–water partition coefficient (Wildman–Crippen LogP) is 4.62. The van der Waals surface area contributed by atoms with Crippen LogP contribution in [0.25, 0.3) is 0 Å². The molecule has 2 heteroatoms. The maximum Gasteiger partial charge on any atom is 0.137 e. The van der Waals surface area contributed by atoms with Crippen LogP contribution in [0.1, 0.15) is 31.9 Å². The van der Waals surface area contributed by atoms with Crippen molar-refractivity contribution in [1.29, 1.82) is 0 Å². The van der Waals surface area contributed by atoms with Gasteiger partial charge in [0.1, 0.15) is 12.4 Å². The van der Waals surface area contributed by atoms with E-state index in [0.717, 1.165) is 10.2 Å². The summed E-state index contributed by atoms with van der Waals surface area (Å²) < 4.78 is 6.75. The van der Waals surface area contributed by atoms with E-state index in [2.05, 4.69) is 62.3 Å². The van der Waals surface area contributed by atoms with E-state index in [9.17, 15) is 0 Å². The van der Waals surface area contributed by atoms with Crippen LogP contribution in [-0.2, 0) is 5.41 Å². The van der Waals surface area contributed by atoms with Gasteiger partial charge in [0.05, 0.1) is 4.47 Å². The first-order valence-electron chi connectivity index (χ1n) is 5.40. The Kier molecular flexibility index (Phi) is 4.20. The molecule has 0 radical (unpaired) electrons. The molecule has 0 saturated carbocycles. The minimum atomic E-state index is 0.0744. The van der Waals surface area contributed by atoms with Crippen LogP contribution in [0.4, 0.5) is 0 Å². The van der Waals surface area contributed by atoms with E-state index in [1.807, 2.05) is 0 Å². The van der Waals surface area contributed by atoms with Gasteiger partial charge in [-0.25, -0.2) is 0 Å². The zero-order valence-electron chi connectivity index (χ0n) is 10.4. The Hall–Kier alpha value is -0.760. The Morgan fingerprint density at radius 3 is 2.50 bits per heavy atom. The maximum atomic E-state index is 5.73. The highest BCUT2D eigenvalue weighted by molar-refractivity contribution is 9.10. The average Bonchev–Trinajstić information content (AvgIpc) is 2.14. The Morgan fingerprint density at radius 1 is 1.38 bits per heavy atom. The van der Waals surface area contributed by atoms with Crippen molar-refractivity contribution in [3.8, 4) is 5.75 Å². The highest BCUT2D eigenvalue weighted by Gasteiger charge is 2.21. The molecule has 0 aliphatic heterocycles. The molecule has 1 aromatic rings. The largest absolute Gasteiger partial charge is 0.488 e. The number of rotatable bonds is 3. The second-order valence-electron chi connectivity index (χ2n) is 4.97. The molecule has 0 heterocycles. The molecule has 0 spiro atoms. The van der Waals surface area contributed by atoms with Gasteiger partial charge in [-0.2, -0.15) is 0 Å². The molecule has 0 aliphatic rings. The fourth-order valence-corrected chi connectivity index (χ4v) is 2.26. The monoisotopic (exact) mass is 282 g/mol. The molecule has 0 bridgehead atoms. The Balaban J connectivity index is 3.26. The van der Waals surface area contributed by atoms with Gasteiger partial charge >= 0.3 is 0 Å². The highest BCUT2D eigenvalue weighted by atomic mass is 79.9. The quantitative estimate of drug-likeness (QED) is 0.735. The summed E-state index contributed by atoms with van der Waals surface area (Å²) in [4.78, 5) is 0. The lowest BCUT2D eigenvalue weighted by Crippen LogP contribution is -2.14. The molecule has 1 rings (SSSR count). The Morgan fingerprint density at radius 2 is 2.00 bits per heavy atom. The minimum Gasteiger partial charge on any atom is -0.488 e. The molecule has 0 amide bonds. The van der Waals surface area contributed by atoms with Gasteiger partial charge in [0.25, 0.3) is 0 Å². The first kappa shape index (κ1) is 13.3. The minimum absolute atomic E-state index is 0.0744. The van der Waals surface area contributed by atoms with Crippen LogP contribution >= 0.6 is 15.9 Å². The van der Waals surface area contributed by atoms with Crippen LogP contribution in [0.2, 0.25) is 0 Å². The lowest BCUT2D eigenvalue weighted by Gasteiger charge is -2.24. The number of hydrogen-bond acceptors (Lipinski definition) is 1. The van der Waals surface area contributed by atoms with E-state index in [1.165, 1.54) is 11.1 Å². The van der Waals surface area contributed by atoms with E-state index >= 15 is 0 Å². The number of benzene rings is 1. The van der Waals surface area contributed by atoms with E-state index in [4.69, 9.17) is 4.74 Å². The molecule has 0 saturated heterocycles. The van der Waals surface area contributed by atoms with Gasteiger partial charge in [0, 0.05) is 5.56 Å². The van der Waals surface area contributed by atoms with Crippen molar-refractivity contribution < 1.29 is 4.74 Å². The molecule has 0 aliphatic carbocycles. The van der Waals surface area contributed by atoms with Crippen molar-refractivity contribution in [2.75, 3.05) is 6.61 Å². The van der Waals surface area contributed by atoms with Crippen molar-refractivity contribution in [2.45, 2.75) is 33.1 Å². The lowest BCUT2D eigenvalue weighted by molar-refractivity contribution is 0.348. The zero-order valence-corrected chi connectivity index (χ0v) is 12.0. The first-order chi connectivity index (χ1) is 7.36. The Bertz CT molecular complexity index is 388. The topological polar surface area (TPSA) is 9.23 Å². The van der Waals surface area contributed by atoms with E-state index in [1.54, 1.807) is 6.08 Å². The SMILES string of the molecule is C=CCOc1c(Br)cc(C)cc1C(C)(C)C. The molecule has 0 aromatic heterocycles. The average molecular weight is 283 g/mol. The first-order valence-corrected chi connectivity index (χ1v) is 6.20. The summed E-state index contributed by atoms with van der Waals surface area (Å²) >= 11 is 3.56. The summed E-state index contributed by atoms with van der Waals surface area (Å²) in [5.41, 5.74) is 2.54. The van der Waals surface area contributed by atoms with Crippen LogP contribution < -0.4 is 4.74 Å². The van der Waals surface area contributed by atoms with Gasteiger partial charge in [0.2, 0.25) is 0 Å². The Labute approximate surface area is 107 Å². The number of aryl methyl sites for hydroxylation is 1. The third-order valence-corrected chi connectivity index (χ3v) is 2.93. The normalized spacial score (nSPS) is 11.3. The smallest absolute Gasteiger partial charge is 0.137 e. The molecule has 1 aromatic carbocycles. The summed E-state index contributed by atoms with van der Waals surface area (Å²) in [6.07, 6.45) is 1.76. The van der Waals surface area contributed by atoms with Crippen molar-refractivity contribution in [3.05, 3.63) is 40.4 Å². The van der Waals surface area contributed by atoms with Crippen LogP contribution in [-0.4, -0.2) is 6.61 Å². The summed E-state index contributed by atoms with van der Waals surface area (Å²) in [6.45, 7) is 12.9. The summed E-state index contributed by atoms with van der Waals surface area (Å²) in [7, 11) is 0. The van der Waals surface area contributed by atoms with Gasteiger partial charge < -0.3 is 4.74 Å². The molecule has 0 unspecified atom stereocenters. The molecule has 0 fully saturated rings. The molecule has 0 atom stereocenters. The van der Waals surface area contributed by atoms with Gasteiger partial charge in [-0.1, -0.05) is 39.5 Å². The highest BCUT2D eigenvalue weighted by Crippen LogP contribution is 2.38. The van der Waals surface area contributed by atoms with Crippen molar-refractivity contribution >= 4 is 15.9 Å². The van der Waals surface area contributed by atoms with E-state index in [0.29, 0.717) is 6.61 Å². The molecule has 88 valence electrons. The van der Waals surface area contributed by atoms with Gasteiger partial charge in [0.15, 0.2) is 0 Å². The fraction of sp³-hybridized carbons (Fsp3) is 0.429. The summed E-state index contributed by atoms with van der Waals surface area (Å²) in [5, 5.41) is 0. The molecule has 0 N–H and O–H groups in total. The number of ether oxygens (including phenoxy) is 1. The molecule has 16 heavy (non-hydrogen) atoms. The number of halogens is 1. The van der Waals surface area contributed by atoms with Gasteiger partial charge in [-0.15, -0.1) is 0 Å². The fourth-order valence-electron chi connectivity index (χ4n) is 1.58. The summed E-state index contributed by atoms with van der Waals surface area (Å²) in [6, 6.07) is 4.26. The van der Waals surface area contributed by atoms with Crippen molar-refractivity contribution in [2.24, 2.45) is 0 Å². The third-order valence-electron chi connectivity index (χ3n) is 2.34. The maximum absolute atomic E-state index is 5.73. The van der Waals surface area contributed by atoms with E-state index < -0.39 is 0 Å². The van der Waals surface area contributed by atoms with Crippen LogP contribution in [0, 0.1) is 6.92 Å². The molecule has 1 nitrogen and oxygen atoms in total. The third kappa shape index (κ3) is 3.11. The van der Waals surface area contributed by atoms with Gasteiger partial charge in [-0.3, -0.25) is 0 Å². The number of hydrogen-bond donors (Lipinski definition) is 0. The van der Waals surface area contributed by atoms with Crippen molar-refractivity contribution in [1.82, 2.24) is 0 Å². The van der Waals surface area contributed by atoms with Crippen LogP contribution in [0.5, 0.6) is 5.75 Å². The summed E-state index contributed by atoms with van der Waals surface area (Å²) in [5.74, 6) is 0.929. The lowest BCUT2D eigenvalue weighted by atomic mass is 9.85. The zero-order chi connectivity index (χ0) is 12.3.